The molecule has 64 heavy (non-hydrogen) atoms. The van der Waals surface area contributed by atoms with Crippen LogP contribution in [0.15, 0.2) is 152 Å². The molecular formula is C61H60NOP. The van der Waals surface area contributed by atoms with E-state index in [2.05, 4.69) is 170 Å². The molecule has 320 valence electrons. The molecule has 10 aromatic carbocycles. The van der Waals surface area contributed by atoms with E-state index in [0.29, 0.717) is 6.04 Å². The van der Waals surface area contributed by atoms with Gasteiger partial charge in [0.05, 0.1) is 5.52 Å². The van der Waals surface area contributed by atoms with Crippen LogP contribution in [0.2, 0.25) is 0 Å². The molecule has 0 unspecified atom stereocenters. The molecule has 0 spiro atoms. The smallest absolute Gasteiger partial charge is 0.172 e. The fraction of sp³-hybridized carbons (Fsp3) is 0.279. The van der Waals surface area contributed by atoms with Gasteiger partial charge in [-0.3, -0.25) is 0 Å². The van der Waals surface area contributed by atoms with Crippen molar-refractivity contribution in [3.8, 4) is 0 Å². The van der Waals surface area contributed by atoms with Gasteiger partial charge in [0, 0.05) is 38.2 Å². The van der Waals surface area contributed by atoms with Crippen molar-refractivity contribution in [1.29, 1.82) is 0 Å². The Morgan fingerprint density at radius 3 is 1.34 bits per heavy atom. The van der Waals surface area contributed by atoms with Crippen molar-refractivity contribution in [2.45, 2.75) is 110 Å². The fourth-order valence-corrected chi connectivity index (χ4v) is 14.7. The molecule has 0 aliphatic rings. The molecule has 0 saturated carbocycles. The number of nitrogens with zero attached hydrogens (tertiary/aromatic N) is 1. The minimum atomic E-state index is -3.58. The van der Waals surface area contributed by atoms with Crippen LogP contribution in [0, 0.1) is 0 Å². The van der Waals surface area contributed by atoms with Crippen molar-refractivity contribution in [2.75, 3.05) is 0 Å². The number of aromatic nitrogens is 1. The van der Waals surface area contributed by atoms with E-state index in [-0.39, 0.29) is 0 Å². The highest BCUT2D eigenvalue weighted by Crippen LogP contribution is 2.50. The predicted octanol–water partition coefficient (Wildman–Crippen LogP) is 17.3. The van der Waals surface area contributed by atoms with Crippen molar-refractivity contribution in [1.82, 2.24) is 4.57 Å². The minimum absolute atomic E-state index is 0.374. The third-order valence-electron chi connectivity index (χ3n) is 14.9. The predicted molar refractivity (Wildman–Crippen MR) is 281 cm³/mol. The lowest BCUT2D eigenvalue weighted by atomic mass is 9.94. The number of fused-ring (bicyclic) bond motifs is 3. The van der Waals surface area contributed by atoms with E-state index in [0.717, 1.165) is 26.7 Å². The maximum Gasteiger partial charge on any atom is 0.172 e. The SMILES string of the molecule is CCCCCCCCC(CCCCCCCC)n1c2ccccc2c2ccc(P(=O)(c3ccc4ccc5cccc6ccc3c4c56)c3ccc4ccc5cccc6ccc3c4c56)cc21. The summed E-state index contributed by atoms with van der Waals surface area (Å²) in [7, 11) is -3.58. The third kappa shape index (κ3) is 6.87. The summed E-state index contributed by atoms with van der Waals surface area (Å²) >= 11 is 0. The van der Waals surface area contributed by atoms with Crippen LogP contribution in [-0.2, 0) is 4.57 Å². The van der Waals surface area contributed by atoms with Crippen molar-refractivity contribution in [3.05, 3.63) is 152 Å². The Kier molecular flexibility index (Phi) is 11.1. The number of hydrogen-bond acceptors (Lipinski definition) is 1. The average Bonchev–Trinajstić information content (AvgIpc) is 3.67. The van der Waals surface area contributed by atoms with Gasteiger partial charge in [-0.1, -0.05) is 218 Å². The molecule has 0 radical (unpaired) electrons. The van der Waals surface area contributed by atoms with Crippen LogP contribution >= 0.6 is 7.14 Å². The highest BCUT2D eigenvalue weighted by atomic mass is 31.2. The molecule has 11 rings (SSSR count). The van der Waals surface area contributed by atoms with E-state index < -0.39 is 7.14 Å². The van der Waals surface area contributed by atoms with Crippen LogP contribution in [0.1, 0.15) is 110 Å². The molecule has 0 fully saturated rings. The molecule has 1 aromatic heterocycles. The topological polar surface area (TPSA) is 22.0 Å². The molecular weight excluding hydrogens is 794 g/mol. The molecule has 1 heterocycles. The van der Waals surface area contributed by atoms with Gasteiger partial charge in [0.1, 0.15) is 0 Å². The van der Waals surface area contributed by atoms with Gasteiger partial charge < -0.3 is 9.13 Å². The standard InChI is InChI=1S/C61H60NOP/c1-3-5-7-9-11-13-23-48(24-14-12-10-8-6-4-2)62-54-26-16-15-25-50(54)51-38-35-49(41-55(51)62)64(63,56-39-33-46-29-27-42-19-17-21-44-31-36-52(56)60(46)58(42)44)57-40-34-47-30-28-43-20-18-22-45-32-37-53(57)61(47)59(43)45/h15-22,25-41,48H,3-14,23-24H2,1-2H3. The second kappa shape index (κ2) is 17.4. The van der Waals surface area contributed by atoms with Gasteiger partial charge >= 0.3 is 0 Å². The highest BCUT2D eigenvalue weighted by Gasteiger charge is 2.35. The van der Waals surface area contributed by atoms with Crippen LogP contribution in [0.3, 0.4) is 0 Å². The molecule has 3 heteroatoms. The van der Waals surface area contributed by atoms with Gasteiger partial charge in [0.2, 0.25) is 0 Å². The zero-order valence-corrected chi connectivity index (χ0v) is 38.6. The lowest BCUT2D eigenvalue weighted by Crippen LogP contribution is -2.26. The largest absolute Gasteiger partial charge is 0.337 e. The summed E-state index contributed by atoms with van der Waals surface area (Å²) in [5.41, 5.74) is 2.52. The Hall–Kier alpha value is -5.69. The van der Waals surface area contributed by atoms with Crippen LogP contribution in [0.4, 0.5) is 0 Å². The summed E-state index contributed by atoms with van der Waals surface area (Å²) in [5, 5.41) is 19.6. The first-order valence-electron chi connectivity index (χ1n) is 24.6. The normalized spacial score (nSPS) is 12.7. The van der Waals surface area contributed by atoms with Gasteiger partial charge in [-0.25, -0.2) is 0 Å². The summed E-state index contributed by atoms with van der Waals surface area (Å²) in [6.45, 7) is 4.61. The number of hydrogen-bond donors (Lipinski definition) is 0. The first-order valence-corrected chi connectivity index (χ1v) is 26.3. The van der Waals surface area contributed by atoms with Crippen molar-refractivity contribution in [3.63, 3.8) is 0 Å². The lowest BCUT2D eigenvalue weighted by molar-refractivity contribution is 0.410. The van der Waals surface area contributed by atoms with Crippen molar-refractivity contribution < 1.29 is 4.57 Å². The Morgan fingerprint density at radius 1 is 0.391 bits per heavy atom. The van der Waals surface area contributed by atoms with E-state index in [1.165, 1.54) is 166 Å². The zero-order valence-electron chi connectivity index (χ0n) is 37.7. The molecule has 0 N–H and O–H groups in total. The molecule has 0 amide bonds. The molecule has 0 atom stereocenters. The zero-order chi connectivity index (χ0) is 43.2. The van der Waals surface area contributed by atoms with Crippen LogP contribution in [0.5, 0.6) is 0 Å². The quantitative estimate of drug-likeness (QED) is 0.0479. The maximum absolute atomic E-state index is 17.6. The second-order valence-electron chi connectivity index (χ2n) is 18.8. The third-order valence-corrected chi connectivity index (χ3v) is 18.0. The molecule has 0 aliphatic carbocycles. The summed E-state index contributed by atoms with van der Waals surface area (Å²) in [4.78, 5) is 0. The molecule has 0 bridgehead atoms. The average molecular weight is 854 g/mol. The summed E-state index contributed by atoms with van der Waals surface area (Å²) in [6, 6.07) is 56.4. The van der Waals surface area contributed by atoms with E-state index in [9.17, 15) is 0 Å². The Bertz CT molecular complexity index is 3280. The van der Waals surface area contributed by atoms with E-state index in [1.807, 2.05) is 0 Å². The van der Waals surface area contributed by atoms with E-state index in [4.69, 9.17) is 0 Å². The van der Waals surface area contributed by atoms with Crippen molar-refractivity contribution >= 4 is 109 Å². The molecule has 11 aromatic rings. The summed E-state index contributed by atoms with van der Waals surface area (Å²) < 4.78 is 20.3. The Labute approximate surface area is 378 Å². The fourth-order valence-electron chi connectivity index (χ4n) is 11.7. The Morgan fingerprint density at radius 2 is 0.812 bits per heavy atom. The number of rotatable bonds is 18. The molecule has 2 nitrogen and oxygen atoms in total. The highest BCUT2D eigenvalue weighted by molar-refractivity contribution is 7.86. The second-order valence-corrected chi connectivity index (χ2v) is 21.5. The van der Waals surface area contributed by atoms with Crippen molar-refractivity contribution in [2.24, 2.45) is 0 Å². The van der Waals surface area contributed by atoms with Gasteiger partial charge in [-0.05, 0) is 102 Å². The van der Waals surface area contributed by atoms with Gasteiger partial charge in [-0.2, -0.15) is 0 Å². The Balaban J connectivity index is 1.15. The van der Waals surface area contributed by atoms with Gasteiger partial charge in [-0.15, -0.1) is 0 Å². The maximum atomic E-state index is 17.6. The molecule has 0 saturated heterocycles. The van der Waals surface area contributed by atoms with Gasteiger partial charge in [0.25, 0.3) is 0 Å². The summed E-state index contributed by atoms with van der Waals surface area (Å²) in [5.74, 6) is 0. The van der Waals surface area contributed by atoms with Crippen LogP contribution < -0.4 is 15.9 Å². The molecule has 0 aliphatic heterocycles. The summed E-state index contributed by atoms with van der Waals surface area (Å²) in [6.07, 6.45) is 17.9. The van der Waals surface area contributed by atoms with Crippen LogP contribution in [-0.4, -0.2) is 4.57 Å². The van der Waals surface area contributed by atoms with Gasteiger partial charge in [0.15, 0.2) is 7.14 Å². The lowest BCUT2D eigenvalue weighted by Gasteiger charge is -2.26. The minimum Gasteiger partial charge on any atom is -0.337 e. The van der Waals surface area contributed by atoms with E-state index >= 15 is 4.57 Å². The first-order chi connectivity index (χ1) is 31.6. The number of unbranched alkanes of at least 4 members (excludes halogenated alkanes) is 10. The number of benzene rings is 10. The monoisotopic (exact) mass is 853 g/mol. The first kappa shape index (κ1) is 41.0. The van der Waals surface area contributed by atoms with Crippen LogP contribution in [0.25, 0.3) is 86.4 Å². The number of para-hydroxylation sites is 1. The van der Waals surface area contributed by atoms with E-state index in [1.54, 1.807) is 0 Å².